The van der Waals surface area contributed by atoms with Crippen LogP contribution in [0.15, 0.2) is 12.4 Å². The van der Waals surface area contributed by atoms with Crippen LogP contribution in [0, 0.1) is 0 Å². The topological polar surface area (TPSA) is 77.3 Å². The summed E-state index contributed by atoms with van der Waals surface area (Å²) < 4.78 is 6.26. The summed E-state index contributed by atoms with van der Waals surface area (Å²) in [6.45, 7) is 4.58. The molecule has 7 nitrogen and oxygen atoms in total. The fourth-order valence-corrected chi connectivity index (χ4v) is 1.48. The normalized spacial score (nSPS) is 10.1. The number of rotatable bonds is 7. The predicted molar refractivity (Wildman–Crippen MR) is 63.5 cm³/mol. The van der Waals surface area contributed by atoms with Gasteiger partial charge in [0, 0.05) is 12.7 Å². The van der Waals surface area contributed by atoms with E-state index >= 15 is 0 Å². The van der Waals surface area contributed by atoms with Crippen LogP contribution in [0.25, 0.3) is 0 Å². The van der Waals surface area contributed by atoms with Crippen LogP contribution in [0.4, 0.5) is 0 Å². The van der Waals surface area contributed by atoms with E-state index < -0.39 is 5.97 Å². The summed E-state index contributed by atoms with van der Waals surface area (Å²) in [5.41, 5.74) is 0. The maximum Gasteiger partial charge on any atom is 0.325 e. The van der Waals surface area contributed by atoms with Gasteiger partial charge in [0.15, 0.2) is 0 Å². The molecule has 0 radical (unpaired) electrons. The summed E-state index contributed by atoms with van der Waals surface area (Å²) in [5, 5.41) is 7.34. The molecule has 0 spiro atoms. The zero-order valence-corrected chi connectivity index (χ0v) is 10.7. The summed E-state index contributed by atoms with van der Waals surface area (Å²) in [7, 11) is 0. The Kier molecular flexibility index (Phi) is 5.83. The molecular weight excluding hydrogens is 236 g/mol. The van der Waals surface area contributed by atoms with Crippen molar-refractivity contribution < 1.29 is 14.3 Å². The molecule has 1 amide bonds. The van der Waals surface area contributed by atoms with E-state index in [1.165, 1.54) is 15.8 Å². The number of nitrogens with zero attached hydrogens (tertiary/aromatic N) is 4. The minimum atomic E-state index is -0.391. The molecule has 0 aliphatic carbocycles. The third kappa shape index (κ3) is 4.52. The molecule has 0 aromatic carbocycles. The van der Waals surface area contributed by atoms with Gasteiger partial charge in [0.25, 0.3) is 0 Å². The van der Waals surface area contributed by atoms with Gasteiger partial charge in [-0.25, -0.2) is 4.68 Å². The number of esters is 1. The van der Waals surface area contributed by atoms with E-state index in [0.29, 0.717) is 13.2 Å². The second kappa shape index (κ2) is 7.41. The van der Waals surface area contributed by atoms with E-state index in [-0.39, 0.29) is 19.0 Å². The smallest absolute Gasteiger partial charge is 0.325 e. The van der Waals surface area contributed by atoms with Crippen molar-refractivity contribution in [3.05, 3.63) is 12.4 Å². The average molecular weight is 254 g/mol. The van der Waals surface area contributed by atoms with Crippen LogP contribution in [-0.4, -0.2) is 51.5 Å². The fourth-order valence-electron chi connectivity index (χ4n) is 1.48. The van der Waals surface area contributed by atoms with Gasteiger partial charge in [-0.15, -0.1) is 5.10 Å². The Balaban J connectivity index is 2.54. The number of hydrogen-bond acceptors (Lipinski definition) is 5. The van der Waals surface area contributed by atoms with Crippen molar-refractivity contribution >= 4 is 11.9 Å². The van der Waals surface area contributed by atoms with Crippen molar-refractivity contribution in [2.24, 2.45) is 0 Å². The minimum Gasteiger partial charge on any atom is -0.465 e. The molecule has 0 saturated heterocycles. The first-order chi connectivity index (χ1) is 8.67. The molecule has 0 saturated carbocycles. The lowest BCUT2D eigenvalue weighted by atomic mass is 10.3. The first kappa shape index (κ1) is 14.1. The van der Waals surface area contributed by atoms with Crippen LogP contribution in [-0.2, 0) is 20.9 Å². The van der Waals surface area contributed by atoms with Gasteiger partial charge in [0.2, 0.25) is 5.91 Å². The third-order valence-electron chi connectivity index (χ3n) is 2.24. The maximum atomic E-state index is 12.0. The number of hydrogen-bond donors (Lipinski definition) is 0. The fraction of sp³-hybridized carbons (Fsp3) is 0.636. The molecule has 0 fully saturated rings. The highest BCUT2D eigenvalue weighted by Gasteiger charge is 2.17. The van der Waals surface area contributed by atoms with Crippen molar-refractivity contribution in [1.29, 1.82) is 0 Å². The van der Waals surface area contributed by atoms with Crippen LogP contribution >= 0.6 is 0 Å². The summed E-state index contributed by atoms with van der Waals surface area (Å²) in [6, 6.07) is 0. The number of amides is 1. The first-order valence-corrected chi connectivity index (χ1v) is 5.94. The lowest BCUT2D eigenvalue weighted by molar-refractivity contribution is -0.149. The first-order valence-electron chi connectivity index (χ1n) is 5.94. The zero-order chi connectivity index (χ0) is 13.4. The molecular formula is C11H18N4O3. The molecule has 1 heterocycles. The molecule has 0 aliphatic heterocycles. The predicted octanol–water partition coefficient (Wildman–Crippen LogP) is 0.0798. The third-order valence-corrected chi connectivity index (χ3v) is 2.24. The Morgan fingerprint density at radius 1 is 1.39 bits per heavy atom. The standard InChI is InChI=1S/C11H18N4O3/c1-3-6-14(9-11(17)18-4-2)10(16)8-15-7-5-12-13-15/h5,7H,3-4,6,8-9H2,1-2H3. The highest BCUT2D eigenvalue weighted by molar-refractivity contribution is 5.81. The number of carbonyl (C=O) groups is 2. The molecule has 0 N–H and O–H groups in total. The Morgan fingerprint density at radius 3 is 2.72 bits per heavy atom. The van der Waals surface area contributed by atoms with Gasteiger partial charge in [0.1, 0.15) is 13.1 Å². The molecule has 100 valence electrons. The van der Waals surface area contributed by atoms with E-state index in [0.717, 1.165) is 6.42 Å². The molecule has 0 aliphatic rings. The molecule has 1 rings (SSSR count). The molecule has 0 bridgehead atoms. The molecule has 0 atom stereocenters. The molecule has 7 heteroatoms. The summed E-state index contributed by atoms with van der Waals surface area (Å²) in [6.07, 6.45) is 3.89. The van der Waals surface area contributed by atoms with E-state index in [9.17, 15) is 9.59 Å². The number of aromatic nitrogens is 3. The van der Waals surface area contributed by atoms with Gasteiger partial charge in [-0.05, 0) is 13.3 Å². The second-order valence-electron chi connectivity index (χ2n) is 3.72. The molecule has 1 aromatic rings. The van der Waals surface area contributed by atoms with E-state index in [4.69, 9.17) is 4.74 Å². The lowest BCUT2D eigenvalue weighted by Gasteiger charge is -2.20. The van der Waals surface area contributed by atoms with Gasteiger partial charge < -0.3 is 9.64 Å². The average Bonchev–Trinajstić information content (AvgIpc) is 2.81. The van der Waals surface area contributed by atoms with Crippen LogP contribution in [0.3, 0.4) is 0 Å². The largest absolute Gasteiger partial charge is 0.465 e. The van der Waals surface area contributed by atoms with E-state index in [2.05, 4.69) is 10.3 Å². The van der Waals surface area contributed by atoms with Crippen molar-refractivity contribution in [3.63, 3.8) is 0 Å². The lowest BCUT2D eigenvalue weighted by Crippen LogP contribution is -2.39. The Labute approximate surface area is 106 Å². The quantitative estimate of drug-likeness (QED) is 0.644. The Hall–Kier alpha value is -1.92. The van der Waals surface area contributed by atoms with Crippen molar-refractivity contribution in [1.82, 2.24) is 19.9 Å². The zero-order valence-electron chi connectivity index (χ0n) is 10.7. The van der Waals surface area contributed by atoms with Crippen LogP contribution in [0.1, 0.15) is 20.3 Å². The number of ether oxygens (including phenoxy) is 1. The minimum absolute atomic E-state index is 0.0186. The molecule has 1 aromatic heterocycles. The van der Waals surface area contributed by atoms with Gasteiger partial charge in [0.05, 0.1) is 12.8 Å². The van der Waals surface area contributed by atoms with Crippen molar-refractivity contribution in [2.45, 2.75) is 26.8 Å². The van der Waals surface area contributed by atoms with Crippen LogP contribution in [0.5, 0.6) is 0 Å². The SMILES string of the molecule is CCCN(CC(=O)OCC)C(=O)Cn1ccnn1. The van der Waals surface area contributed by atoms with E-state index in [1.807, 2.05) is 6.92 Å². The highest BCUT2D eigenvalue weighted by atomic mass is 16.5. The summed E-state index contributed by atoms with van der Waals surface area (Å²) >= 11 is 0. The monoisotopic (exact) mass is 254 g/mol. The van der Waals surface area contributed by atoms with Crippen LogP contribution in [0.2, 0.25) is 0 Å². The van der Waals surface area contributed by atoms with Crippen molar-refractivity contribution in [3.8, 4) is 0 Å². The van der Waals surface area contributed by atoms with Gasteiger partial charge in [-0.1, -0.05) is 12.1 Å². The second-order valence-corrected chi connectivity index (χ2v) is 3.72. The Bertz CT molecular complexity index is 378. The van der Waals surface area contributed by atoms with E-state index in [1.54, 1.807) is 13.1 Å². The van der Waals surface area contributed by atoms with Gasteiger partial charge >= 0.3 is 5.97 Å². The Morgan fingerprint density at radius 2 is 2.17 bits per heavy atom. The molecule has 0 unspecified atom stereocenters. The summed E-state index contributed by atoms with van der Waals surface area (Å²) in [5.74, 6) is -0.562. The molecule has 18 heavy (non-hydrogen) atoms. The van der Waals surface area contributed by atoms with Gasteiger partial charge in [-0.2, -0.15) is 0 Å². The van der Waals surface area contributed by atoms with Crippen molar-refractivity contribution in [2.75, 3.05) is 19.7 Å². The van der Waals surface area contributed by atoms with Crippen LogP contribution < -0.4 is 0 Å². The highest BCUT2D eigenvalue weighted by Crippen LogP contribution is 1.97. The van der Waals surface area contributed by atoms with Gasteiger partial charge in [-0.3, -0.25) is 9.59 Å². The number of carbonyl (C=O) groups excluding carboxylic acids is 2. The maximum absolute atomic E-state index is 12.0. The summed E-state index contributed by atoms with van der Waals surface area (Å²) in [4.78, 5) is 24.8.